The molecular formula is C24H27FN6O3. The van der Waals surface area contributed by atoms with E-state index in [9.17, 15) is 4.79 Å². The highest BCUT2D eigenvalue weighted by Gasteiger charge is 2.30. The Bertz CT molecular complexity index is 1170. The molecule has 4 heterocycles. The van der Waals surface area contributed by atoms with Gasteiger partial charge in [0.1, 0.15) is 24.4 Å². The molecule has 2 atom stereocenters. The van der Waals surface area contributed by atoms with Crippen LogP contribution < -0.4 is 19.9 Å². The number of hydrogen-bond donors (Lipinski definition) is 1. The molecule has 0 unspecified atom stereocenters. The summed E-state index contributed by atoms with van der Waals surface area (Å²) in [5, 5.41) is 6.86. The molecule has 1 fully saturated rings. The van der Waals surface area contributed by atoms with Gasteiger partial charge in [-0.3, -0.25) is 4.79 Å². The summed E-state index contributed by atoms with van der Waals surface area (Å²) in [4.78, 5) is 23.5. The fourth-order valence-electron chi connectivity index (χ4n) is 4.55. The number of nitrogens with zero attached hydrogens (tertiary/aromatic N) is 5. The van der Waals surface area contributed by atoms with Gasteiger partial charge in [-0.1, -0.05) is 17.3 Å². The van der Waals surface area contributed by atoms with Gasteiger partial charge in [0, 0.05) is 45.0 Å². The number of amides is 1. The van der Waals surface area contributed by atoms with Crippen molar-refractivity contribution in [1.29, 1.82) is 0 Å². The van der Waals surface area contributed by atoms with Crippen molar-refractivity contribution in [2.24, 2.45) is 0 Å². The zero-order chi connectivity index (χ0) is 23.7. The molecular weight excluding hydrogens is 439 g/mol. The highest BCUT2D eigenvalue weighted by atomic mass is 19.1. The Morgan fingerprint density at radius 1 is 1.21 bits per heavy atom. The third-order valence-electron chi connectivity index (χ3n) is 6.31. The number of rotatable bonds is 6. The van der Waals surface area contributed by atoms with Crippen molar-refractivity contribution >= 4 is 17.5 Å². The van der Waals surface area contributed by atoms with Crippen LogP contribution in [0.1, 0.15) is 43.1 Å². The first-order chi connectivity index (χ1) is 16.5. The topological polar surface area (TPSA) is 96.6 Å². The lowest BCUT2D eigenvalue weighted by Crippen LogP contribution is -2.32. The number of ether oxygens (including phenoxy) is 1. The minimum atomic E-state index is -0.417. The number of hydrogen-bond acceptors (Lipinski definition) is 8. The first-order valence-electron chi connectivity index (χ1n) is 11.4. The van der Waals surface area contributed by atoms with Gasteiger partial charge in [0.15, 0.2) is 11.6 Å². The molecule has 1 N–H and O–H groups in total. The molecule has 0 radical (unpaired) electrons. The van der Waals surface area contributed by atoms with Crippen LogP contribution in [0, 0.1) is 5.82 Å². The second-order valence-corrected chi connectivity index (χ2v) is 8.76. The zero-order valence-corrected chi connectivity index (χ0v) is 19.2. The second kappa shape index (κ2) is 9.28. The van der Waals surface area contributed by atoms with Gasteiger partial charge in [-0.2, -0.15) is 4.39 Å². The molecule has 2 aromatic heterocycles. The summed E-state index contributed by atoms with van der Waals surface area (Å²) >= 11 is 0. The lowest BCUT2D eigenvalue weighted by molar-refractivity contribution is -0.119. The number of carbonyl (C=O) groups excluding carboxylic acids is 1. The first kappa shape index (κ1) is 22.1. The highest BCUT2D eigenvalue weighted by Crippen LogP contribution is 2.31. The summed E-state index contributed by atoms with van der Waals surface area (Å²) in [6, 6.07) is 7.61. The smallest absolute Gasteiger partial charge is 0.217 e. The van der Waals surface area contributed by atoms with Gasteiger partial charge in [-0.15, -0.1) is 0 Å². The zero-order valence-electron chi connectivity index (χ0n) is 19.2. The Morgan fingerprint density at radius 3 is 2.74 bits per heavy atom. The molecule has 34 heavy (non-hydrogen) atoms. The Morgan fingerprint density at radius 2 is 1.97 bits per heavy atom. The van der Waals surface area contributed by atoms with Crippen molar-refractivity contribution in [3.05, 3.63) is 59.5 Å². The maximum absolute atomic E-state index is 15.5. The number of halogens is 1. The second-order valence-electron chi connectivity index (χ2n) is 8.76. The fourth-order valence-corrected chi connectivity index (χ4v) is 4.55. The van der Waals surface area contributed by atoms with Gasteiger partial charge in [-0.25, -0.2) is 9.97 Å². The first-order valence-corrected chi connectivity index (χ1v) is 11.4. The molecule has 178 valence electrons. The van der Waals surface area contributed by atoms with E-state index in [1.54, 1.807) is 6.26 Å². The van der Waals surface area contributed by atoms with Gasteiger partial charge >= 0.3 is 0 Å². The summed E-state index contributed by atoms with van der Waals surface area (Å²) in [5.41, 5.74) is 2.88. The van der Waals surface area contributed by atoms with E-state index in [1.165, 1.54) is 13.3 Å². The van der Waals surface area contributed by atoms with Gasteiger partial charge in [0.25, 0.3) is 0 Å². The van der Waals surface area contributed by atoms with E-state index in [-0.39, 0.29) is 18.1 Å². The van der Waals surface area contributed by atoms with Crippen LogP contribution in [0.25, 0.3) is 0 Å². The monoisotopic (exact) mass is 466 g/mol. The van der Waals surface area contributed by atoms with Crippen molar-refractivity contribution in [3.8, 4) is 5.75 Å². The molecule has 5 rings (SSSR count). The van der Waals surface area contributed by atoms with Crippen LogP contribution in [-0.2, 0) is 17.8 Å². The summed E-state index contributed by atoms with van der Waals surface area (Å²) in [5.74, 6) is 0.853. The van der Waals surface area contributed by atoms with Crippen LogP contribution >= 0.6 is 0 Å². The van der Waals surface area contributed by atoms with Crippen molar-refractivity contribution in [3.63, 3.8) is 0 Å². The molecule has 2 aliphatic rings. The summed E-state index contributed by atoms with van der Waals surface area (Å²) in [6.45, 7) is 5.75. The molecule has 10 heteroatoms. The molecule has 1 amide bonds. The number of carbonyl (C=O) groups is 1. The predicted octanol–water partition coefficient (Wildman–Crippen LogP) is 3.02. The van der Waals surface area contributed by atoms with E-state index in [2.05, 4.69) is 20.4 Å². The Kier molecular flexibility index (Phi) is 6.04. The van der Waals surface area contributed by atoms with E-state index in [1.807, 2.05) is 41.0 Å². The van der Waals surface area contributed by atoms with Crippen molar-refractivity contribution in [1.82, 2.24) is 20.4 Å². The van der Waals surface area contributed by atoms with Crippen LogP contribution in [0.4, 0.5) is 16.0 Å². The maximum Gasteiger partial charge on any atom is 0.217 e. The average molecular weight is 467 g/mol. The van der Waals surface area contributed by atoms with Crippen LogP contribution in [0.2, 0.25) is 0 Å². The van der Waals surface area contributed by atoms with E-state index in [4.69, 9.17) is 9.26 Å². The van der Waals surface area contributed by atoms with Crippen LogP contribution in [0.3, 0.4) is 0 Å². The molecule has 0 spiro atoms. The lowest BCUT2D eigenvalue weighted by atomic mass is 10.1. The van der Waals surface area contributed by atoms with Crippen LogP contribution in [-0.4, -0.2) is 46.8 Å². The van der Waals surface area contributed by atoms with E-state index in [0.717, 1.165) is 29.0 Å². The standard InChI is InChI=1S/C24H27FN6O3/c1-15(28-16(2)32)17-3-5-19(6-4-17)34-20-7-9-31(12-20)24-22(25)23(26-14-27-24)30-10-8-21-18(11-30)13-33-29-21/h3-6,13-15,20H,7-12H2,1-2H3,(H,28,32)/t15-,20+/m0/s1. The van der Waals surface area contributed by atoms with E-state index >= 15 is 4.39 Å². The van der Waals surface area contributed by atoms with E-state index < -0.39 is 5.82 Å². The van der Waals surface area contributed by atoms with Gasteiger partial charge < -0.3 is 24.4 Å². The lowest BCUT2D eigenvalue weighted by Gasteiger charge is -2.28. The van der Waals surface area contributed by atoms with Crippen molar-refractivity contribution in [2.45, 2.75) is 45.4 Å². The maximum atomic E-state index is 15.5. The van der Waals surface area contributed by atoms with Gasteiger partial charge in [-0.05, 0) is 24.6 Å². The molecule has 1 saturated heterocycles. The number of nitrogens with one attached hydrogen (secondary N) is 1. The van der Waals surface area contributed by atoms with Crippen molar-refractivity contribution < 1.29 is 18.4 Å². The van der Waals surface area contributed by atoms with Gasteiger partial charge in [0.05, 0.1) is 18.3 Å². The number of anilines is 2. The Balaban J connectivity index is 1.23. The summed E-state index contributed by atoms with van der Waals surface area (Å²) in [6.07, 6.45) is 4.39. The normalized spacial score (nSPS) is 18.5. The van der Waals surface area contributed by atoms with Crippen molar-refractivity contribution in [2.75, 3.05) is 29.4 Å². The molecule has 2 aliphatic heterocycles. The predicted molar refractivity (Wildman–Crippen MR) is 123 cm³/mol. The summed E-state index contributed by atoms with van der Waals surface area (Å²) < 4.78 is 26.6. The molecule has 0 saturated carbocycles. The average Bonchev–Trinajstić information content (AvgIpc) is 3.48. The quantitative estimate of drug-likeness (QED) is 0.592. The minimum Gasteiger partial charge on any atom is -0.489 e. The highest BCUT2D eigenvalue weighted by molar-refractivity contribution is 5.73. The van der Waals surface area contributed by atoms with Crippen LogP contribution in [0.15, 0.2) is 41.4 Å². The largest absolute Gasteiger partial charge is 0.489 e. The Labute approximate surface area is 196 Å². The number of fused-ring (bicyclic) bond motifs is 1. The summed E-state index contributed by atoms with van der Waals surface area (Å²) in [7, 11) is 0. The molecule has 0 bridgehead atoms. The third kappa shape index (κ3) is 4.52. The van der Waals surface area contributed by atoms with E-state index in [0.29, 0.717) is 44.2 Å². The van der Waals surface area contributed by atoms with Crippen LogP contribution in [0.5, 0.6) is 5.75 Å². The fraction of sp³-hybridized carbons (Fsp3) is 0.417. The van der Waals surface area contributed by atoms with Gasteiger partial charge in [0.2, 0.25) is 11.7 Å². The minimum absolute atomic E-state index is 0.0671. The number of aromatic nitrogens is 3. The third-order valence-corrected chi connectivity index (χ3v) is 6.31. The molecule has 9 nitrogen and oxygen atoms in total. The molecule has 0 aliphatic carbocycles. The SMILES string of the molecule is CC(=O)N[C@@H](C)c1ccc(O[C@@H]2CCN(c3ncnc(N4CCc5nocc5C4)c3F)C2)cc1. The molecule has 3 aromatic rings. The Hall–Kier alpha value is -3.69. The number of benzene rings is 1. The molecule has 1 aromatic carbocycles.